The van der Waals surface area contributed by atoms with Crippen LogP contribution in [0.25, 0.3) is 11.6 Å². The average Bonchev–Trinajstić information content (AvgIpc) is 3.24. The van der Waals surface area contributed by atoms with Crippen LogP contribution < -0.4 is 10.1 Å². The van der Waals surface area contributed by atoms with Gasteiger partial charge in [-0.05, 0) is 54.3 Å². The molecule has 1 N–H and O–H groups in total. The topological polar surface area (TPSA) is 51.5 Å². The molecule has 0 unspecified atom stereocenters. The predicted molar refractivity (Wildman–Crippen MR) is 112 cm³/mol. The summed E-state index contributed by atoms with van der Waals surface area (Å²) in [5.74, 6) is 1.35. The van der Waals surface area contributed by atoms with Gasteiger partial charge in [-0.3, -0.25) is 4.79 Å². The second kappa shape index (κ2) is 9.09. The number of methoxy groups -OCH3 is 1. The summed E-state index contributed by atoms with van der Waals surface area (Å²) >= 11 is 0. The van der Waals surface area contributed by atoms with E-state index in [0.29, 0.717) is 11.3 Å². The van der Waals surface area contributed by atoms with Crippen molar-refractivity contribution in [3.8, 4) is 5.75 Å². The van der Waals surface area contributed by atoms with E-state index in [1.165, 1.54) is 0 Å². The van der Waals surface area contributed by atoms with Gasteiger partial charge in [-0.15, -0.1) is 0 Å². The van der Waals surface area contributed by atoms with E-state index in [0.717, 1.165) is 28.9 Å². The molecule has 1 heterocycles. The summed E-state index contributed by atoms with van der Waals surface area (Å²) in [6.07, 6.45) is 4.15. The maximum absolute atomic E-state index is 13.2. The van der Waals surface area contributed by atoms with Crippen LogP contribution in [0.4, 0.5) is 0 Å². The molecule has 0 spiro atoms. The number of nitrogens with one attached hydrogen (secondary N) is 1. The molecule has 28 heavy (non-hydrogen) atoms. The van der Waals surface area contributed by atoms with Crippen molar-refractivity contribution < 1.29 is 13.9 Å². The molecule has 0 aliphatic carbocycles. The second-order valence-corrected chi connectivity index (χ2v) is 6.60. The average molecular weight is 375 g/mol. The Bertz CT molecular complexity index is 943. The Kier molecular flexibility index (Phi) is 6.33. The molecule has 3 aromatic rings. The number of hydrogen-bond acceptors (Lipinski definition) is 3. The SMILES string of the molecule is CC[C@@H](NC(=O)/C(=C/c1ccco1)c1ccccc1)c1ccc(OC)c(C)c1. The van der Waals surface area contributed by atoms with Crippen molar-refractivity contribution in [2.75, 3.05) is 7.11 Å². The highest BCUT2D eigenvalue weighted by molar-refractivity contribution is 6.24. The van der Waals surface area contributed by atoms with Crippen LogP contribution in [-0.4, -0.2) is 13.0 Å². The van der Waals surface area contributed by atoms with Crippen molar-refractivity contribution in [2.45, 2.75) is 26.3 Å². The Morgan fingerprint density at radius 2 is 1.93 bits per heavy atom. The van der Waals surface area contributed by atoms with Crippen molar-refractivity contribution in [1.29, 1.82) is 0 Å². The number of rotatable bonds is 7. The van der Waals surface area contributed by atoms with E-state index in [1.807, 2.05) is 55.5 Å². The van der Waals surface area contributed by atoms with Crippen LogP contribution in [-0.2, 0) is 4.79 Å². The minimum Gasteiger partial charge on any atom is -0.496 e. The van der Waals surface area contributed by atoms with Gasteiger partial charge in [0.1, 0.15) is 11.5 Å². The van der Waals surface area contributed by atoms with E-state index in [1.54, 1.807) is 25.5 Å². The second-order valence-electron chi connectivity index (χ2n) is 6.60. The first-order valence-corrected chi connectivity index (χ1v) is 9.38. The molecule has 0 aliphatic rings. The van der Waals surface area contributed by atoms with E-state index in [-0.39, 0.29) is 11.9 Å². The summed E-state index contributed by atoms with van der Waals surface area (Å²) in [5.41, 5.74) is 3.51. The molecule has 0 bridgehead atoms. The summed E-state index contributed by atoms with van der Waals surface area (Å²) < 4.78 is 10.8. The minimum atomic E-state index is -0.136. The minimum absolute atomic E-state index is 0.0965. The number of aryl methyl sites for hydroxylation is 1. The number of amides is 1. The van der Waals surface area contributed by atoms with E-state index in [2.05, 4.69) is 18.3 Å². The van der Waals surface area contributed by atoms with E-state index < -0.39 is 0 Å². The maximum Gasteiger partial charge on any atom is 0.252 e. The number of carbonyl (C=O) groups is 1. The molecule has 0 radical (unpaired) electrons. The molecule has 144 valence electrons. The van der Waals surface area contributed by atoms with Crippen molar-refractivity contribution in [1.82, 2.24) is 5.32 Å². The van der Waals surface area contributed by atoms with Gasteiger partial charge >= 0.3 is 0 Å². The highest BCUT2D eigenvalue weighted by Crippen LogP contribution is 2.26. The maximum atomic E-state index is 13.2. The van der Waals surface area contributed by atoms with Crippen LogP contribution in [0.15, 0.2) is 71.3 Å². The molecule has 0 fully saturated rings. The van der Waals surface area contributed by atoms with Gasteiger partial charge in [-0.2, -0.15) is 0 Å². The van der Waals surface area contributed by atoms with Crippen LogP contribution in [0.5, 0.6) is 5.75 Å². The van der Waals surface area contributed by atoms with Gasteiger partial charge in [0.05, 0.1) is 25.0 Å². The molecule has 2 aromatic carbocycles. The quantitative estimate of drug-likeness (QED) is 0.562. The smallest absolute Gasteiger partial charge is 0.252 e. The van der Waals surface area contributed by atoms with Crippen LogP contribution in [0.2, 0.25) is 0 Å². The fourth-order valence-electron chi connectivity index (χ4n) is 3.19. The first-order valence-electron chi connectivity index (χ1n) is 9.38. The molecule has 0 aliphatic heterocycles. The normalized spacial score (nSPS) is 12.5. The third-order valence-corrected chi connectivity index (χ3v) is 4.69. The van der Waals surface area contributed by atoms with Gasteiger partial charge in [0.15, 0.2) is 0 Å². The molecular formula is C24H25NO3. The number of carbonyl (C=O) groups excluding carboxylic acids is 1. The summed E-state index contributed by atoms with van der Waals surface area (Å²) in [6, 6.07) is 19.2. The summed E-state index contributed by atoms with van der Waals surface area (Å²) in [4.78, 5) is 13.2. The molecule has 4 heteroatoms. The predicted octanol–water partition coefficient (Wildman–Crippen LogP) is 5.40. The van der Waals surface area contributed by atoms with Crippen molar-refractivity contribution in [3.63, 3.8) is 0 Å². The molecule has 3 rings (SSSR count). The van der Waals surface area contributed by atoms with Crippen molar-refractivity contribution in [2.24, 2.45) is 0 Å². The Balaban J connectivity index is 1.89. The van der Waals surface area contributed by atoms with E-state index in [4.69, 9.17) is 9.15 Å². The Morgan fingerprint density at radius 1 is 1.14 bits per heavy atom. The van der Waals surface area contributed by atoms with Gasteiger partial charge in [0.2, 0.25) is 0 Å². The monoisotopic (exact) mass is 375 g/mol. The third-order valence-electron chi connectivity index (χ3n) is 4.69. The fourth-order valence-corrected chi connectivity index (χ4v) is 3.19. The third kappa shape index (κ3) is 4.52. The van der Waals surface area contributed by atoms with Gasteiger partial charge in [-0.1, -0.05) is 49.4 Å². The van der Waals surface area contributed by atoms with E-state index >= 15 is 0 Å². The molecule has 0 saturated carbocycles. The Labute approximate surface area is 165 Å². The lowest BCUT2D eigenvalue weighted by molar-refractivity contribution is -0.116. The number of benzene rings is 2. The summed E-state index contributed by atoms with van der Waals surface area (Å²) in [6.45, 7) is 4.06. The summed E-state index contributed by atoms with van der Waals surface area (Å²) in [7, 11) is 1.66. The fraction of sp³-hybridized carbons (Fsp3) is 0.208. The number of furan rings is 1. The largest absolute Gasteiger partial charge is 0.496 e. The summed E-state index contributed by atoms with van der Waals surface area (Å²) in [5, 5.41) is 3.17. The first kappa shape index (κ1) is 19.5. The lowest BCUT2D eigenvalue weighted by Crippen LogP contribution is -2.29. The van der Waals surface area contributed by atoms with Gasteiger partial charge in [-0.25, -0.2) is 0 Å². The van der Waals surface area contributed by atoms with Crippen LogP contribution in [0, 0.1) is 6.92 Å². The Morgan fingerprint density at radius 3 is 2.54 bits per heavy atom. The molecule has 1 aromatic heterocycles. The van der Waals surface area contributed by atoms with Crippen LogP contribution in [0.3, 0.4) is 0 Å². The molecular weight excluding hydrogens is 350 g/mol. The van der Waals surface area contributed by atoms with Crippen LogP contribution in [0.1, 0.15) is 41.8 Å². The van der Waals surface area contributed by atoms with Gasteiger partial charge < -0.3 is 14.5 Å². The number of hydrogen-bond donors (Lipinski definition) is 1. The van der Waals surface area contributed by atoms with Crippen molar-refractivity contribution in [3.05, 3.63) is 89.4 Å². The first-order chi connectivity index (χ1) is 13.6. The molecule has 1 atom stereocenters. The molecule has 0 saturated heterocycles. The molecule has 1 amide bonds. The zero-order chi connectivity index (χ0) is 19.9. The zero-order valence-corrected chi connectivity index (χ0v) is 16.4. The number of ether oxygens (including phenoxy) is 1. The standard InChI is InChI=1S/C24H25NO3/c1-4-22(19-12-13-23(27-3)17(2)15-19)25-24(26)21(16-20-11-8-14-28-20)18-9-6-5-7-10-18/h5-16,22H,4H2,1-3H3,(H,25,26)/b21-16+/t22-/m1/s1. The lowest BCUT2D eigenvalue weighted by Gasteiger charge is -2.20. The van der Waals surface area contributed by atoms with Gasteiger partial charge in [0.25, 0.3) is 5.91 Å². The Hall–Kier alpha value is -3.27. The van der Waals surface area contributed by atoms with Crippen LogP contribution >= 0.6 is 0 Å². The van der Waals surface area contributed by atoms with E-state index in [9.17, 15) is 4.79 Å². The highest BCUT2D eigenvalue weighted by atomic mass is 16.5. The van der Waals surface area contributed by atoms with Crippen molar-refractivity contribution >= 4 is 17.6 Å². The van der Waals surface area contributed by atoms with Gasteiger partial charge in [0, 0.05) is 0 Å². The highest BCUT2D eigenvalue weighted by Gasteiger charge is 2.18. The molecule has 4 nitrogen and oxygen atoms in total. The zero-order valence-electron chi connectivity index (χ0n) is 16.4. The lowest BCUT2D eigenvalue weighted by atomic mass is 9.99.